The number of carbonyl (C=O) groups is 2. The van der Waals surface area contributed by atoms with E-state index >= 15 is 0 Å². The Hall–Kier alpha value is -3.92. The number of benzene rings is 2. The van der Waals surface area contributed by atoms with Crippen molar-refractivity contribution in [2.24, 2.45) is 13.0 Å². The molecule has 2 aliphatic heterocycles. The Labute approximate surface area is 205 Å². The molecule has 35 heavy (non-hydrogen) atoms. The van der Waals surface area contributed by atoms with Crippen molar-refractivity contribution < 1.29 is 9.59 Å². The summed E-state index contributed by atoms with van der Waals surface area (Å²) in [5.74, 6) is -0.492. The Kier molecular flexibility index (Phi) is 5.68. The van der Waals surface area contributed by atoms with Gasteiger partial charge in [-0.15, -0.1) is 0 Å². The van der Waals surface area contributed by atoms with Crippen LogP contribution in [-0.2, 0) is 34.9 Å². The molecule has 2 amide bonds. The van der Waals surface area contributed by atoms with E-state index in [1.54, 1.807) is 23.1 Å². The van der Waals surface area contributed by atoms with Crippen LogP contribution in [0.5, 0.6) is 0 Å². The highest BCUT2D eigenvalue weighted by Gasteiger charge is 2.43. The molecule has 2 aliphatic rings. The number of nitriles is 1. The SMILES string of the molecule is Cn1cncc1CCc1ccc2c(c1)C(C)(C)CN2C(=O)[C@H]1CC(=O)N(c2cccc(C#N)c2)C1. The quantitative estimate of drug-likeness (QED) is 0.572. The van der Waals surface area contributed by atoms with E-state index in [9.17, 15) is 14.9 Å². The first kappa shape index (κ1) is 22.9. The smallest absolute Gasteiger partial charge is 0.232 e. The van der Waals surface area contributed by atoms with Gasteiger partial charge in [0.2, 0.25) is 11.8 Å². The summed E-state index contributed by atoms with van der Waals surface area (Å²) in [7, 11) is 2.01. The lowest BCUT2D eigenvalue weighted by atomic mass is 9.85. The number of nitrogens with zero attached hydrogens (tertiary/aromatic N) is 5. The number of anilines is 2. The van der Waals surface area contributed by atoms with Gasteiger partial charge in [-0.1, -0.05) is 32.0 Å². The van der Waals surface area contributed by atoms with Crippen LogP contribution in [0.3, 0.4) is 0 Å². The molecule has 1 aromatic heterocycles. The number of imidazole rings is 1. The second-order valence-corrected chi connectivity index (χ2v) is 10.2. The highest BCUT2D eigenvalue weighted by atomic mass is 16.2. The molecule has 1 saturated heterocycles. The molecule has 1 fully saturated rings. The van der Waals surface area contributed by atoms with Gasteiger partial charge in [0, 0.05) is 55.2 Å². The first-order valence-corrected chi connectivity index (χ1v) is 12.0. The largest absolute Gasteiger partial charge is 0.338 e. The molecule has 2 aromatic carbocycles. The Balaban J connectivity index is 1.34. The summed E-state index contributed by atoms with van der Waals surface area (Å²) in [4.78, 5) is 34.1. The van der Waals surface area contributed by atoms with Crippen LogP contribution in [0.15, 0.2) is 55.0 Å². The predicted octanol–water partition coefficient (Wildman–Crippen LogP) is 3.75. The molecule has 1 atom stereocenters. The van der Waals surface area contributed by atoms with Gasteiger partial charge in [-0.05, 0) is 48.2 Å². The van der Waals surface area contributed by atoms with Crippen molar-refractivity contribution in [3.8, 4) is 6.07 Å². The fourth-order valence-corrected chi connectivity index (χ4v) is 5.26. The maximum absolute atomic E-state index is 13.6. The molecular weight excluding hydrogens is 438 g/mol. The van der Waals surface area contributed by atoms with Gasteiger partial charge >= 0.3 is 0 Å². The molecule has 178 valence electrons. The van der Waals surface area contributed by atoms with E-state index in [-0.39, 0.29) is 23.7 Å². The van der Waals surface area contributed by atoms with Crippen LogP contribution in [0.4, 0.5) is 11.4 Å². The van der Waals surface area contributed by atoms with E-state index in [4.69, 9.17) is 0 Å². The highest BCUT2D eigenvalue weighted by molar-refractivity contribution is 6.05. The summed E-state index contributed by atoms with van der Waals surface area (Å²) in [5, 5.41) is 9.19. The summed E-state index contributed by atoms with van der Waals surface area (Å²) in [6.07, 6.45) is 5.72. The summed E-state index contributed by atoms with van der Waals surface area (Å²) < 4.78 is 2.04. The average Bonchev–Trinajstić information content (AvgIpc) is 3.52. The molecule has 0 spiro atoms. The Morgan fingerprint density at radius 1 is 1.20 bits per heavy atom. The van der Waals surface area contributed by atoms with E-state index in [1.165, 1.54) is 16.8 Å². The minimum absolute atomic E-state index is 0.00764. The lowest BCUT2D eigenvalue weighted by molar-refractivity contribution is -0.124. The van der Waals surface area contributed by atoms with Crippen molar-refractivity contribution in [3.63, 3.8) is 0 Å². The Bertz CT molecular complexity index is 1350. The lowest BCUT2D eigenvalue weighted by Gasteiger charge is -2.23. The number of rotatable bonds is 5. The summed E-state index contributed by atoms with van der Waals surface area (Å²) in [6.45, 7) is 5.27. The monoisotopic (exact) mass is 467 g/mol. The zero-order valence-electron chi connectivity index (χ0n) is 20.4. The van der Waals surface area contributed by atoms with Gasteiger partial charge in [0.05, 0.1) is 23.9 Å². The maximum atomic E-state index is 13.6. The van der Waals surface area contributed by atoms with Crippen molar-refractivity contribution in [3.05, 3.63) is 77.4 Å². The van der Waals surface area contributed by atoms with Crippen molar-refractivity contribution >= 4 is 23.2 Å². The number of hydrogen-bond acceptors (Lipinski definition) is 4. The zero-order valence-corrected chi connectivity index (χ0v) is 20.4. The van der Waals surface area contributed by atoms with Gasteiger partial charge in [0.25, 0.3) is 0 Å². The van der Waals surface area contributed by atoms with Gasteiger partial charge in [-0.25, -0.2) is 4.98 Å². The number of carbonyl (C=O) groups excluding carboxylic acids is 2. The number of aromatic nitrogens is 2. The van der Waals surface area contributed by atoms with E-state index in [2.05, 4.69) is 43.1 Å². The zero-order chi connectivity index (χ0) is 24.7. The molecule has 0 aliphatic carbocycles. The molecule has 0 bridgehead atoms. The van der Waals surface area contributed by atoms with Crippen molar-refractivity contribution in [1.82, 2.24) is 9.55 Å². The third-order valence-corrected chi connectivity index (χ3v) is 7.25. The second kappa shape index (κ2) is 8.70. The van der Waals surface area contributed by atoms with Crippen LogP contribution < -0.4 is 9.80 Å². The van der Waals surface area contributed by atoms with Crippen molar-refractivity contribution in [2.75, 3.05) is 22.9 Å². The van der Waals surface area contributed by atoms with Gasteiger partial charge < -0.3 is 14.4 Å². The van der Waals surface area contributed by atoms with Gasteiger partial charge in [0.15, 0.2) is 0 Å². The fraction of sp³-hybridized carbons (Fsp3) is 0.357. The van der Waals surface area contributed by atoms with Crippen molar-refractivity contribution in [2.45, 2.75) is 38.5 Å². The third-order valence-electron chi connectivity index (χ3n) is 7.25. The van der Waals surface area contributed by atoms with E-state index in [1.807, 2.05) is 35.1 Å². The van der Waals surface area contributed by atoms with E-state index in [0.717, 1.165) is 18.5 Å². The normalized spacial score (nSPS) is 18.6. The van der Waals surface area contributed by atoms with Crippen molar-refractivity contribution in [1.29, 1.82) is 5.26 Å². The number of amides is 2. The summed E-state index contributed by atoms with van der Waals surface area (Å²) in [6, 6.07) is 15.5. The van der Waals surface area contributed by atoms with Crippen LogP contribution in [0.2, 0.25) is 0 Å². The topological polar surface area (TPSA) is 82.2 Å². The highest BCUT2D eigenvalue weighted by Crippen LogP contribution is 2.42. The second-order valence-electron chi connectivity index (χ2n) is 10.2. The molecule has 0 unspecified atom stereocenters. The van der Waals surface area contributed by atoms with E-state index < -0.39 is 5.92 Å². The first-order chi connectivity index (χ1) is 16.8. The molecule has 3 heterocycles. The lowest BCUT2D eigenvalue weighted by Crippen LogP contribution is -2.39. The van der Waals surface area contributed by atoms with Gasteiger partial charge in [-0.3, -0.25) is 9.59 Å². The van der Waals surface area contributed by atoms with Crippen LogP contribution in [0.1, 0.15) is 42.7 Å². The van der Waals surface area contributed by atoms with Crippen LogP contribution >= 0.6 is 0 Å². The Morgan fingerprint density at radius 3 is 2.77 bits per heavy atom. The van der Waals surface area contributed by atoms with Crippen LogP contribution in [0, 0.1) is 17.2 Å². The number of aryl methyl sites for hydroxylation is 3. The molecule has 0 radical (unpaired) electrons. The molecule has 5 rings (SSSR count). The molecule has 3 aromatic rings. The standard InChI is InChI=1S/C28H29N5O2/c1-28(2)17-33(25-10-8-19(12-24(25)28)7-9-23-15-30-18-31(23)3)27(35)21-13-26(34)32(16-21)22-6-4-5-20(11-22)14-29/h4-6,8,10-12,15,18,21H,7,9,13,16-17H2,1-3H3/t21-/m0/s1. The van der Waals surface area contributed by atoms with E-state index in [0.29, 0.717) is 24.3 Å². The van der Waals surface area contributed by atoms with Gasteiger partial charge in [0.1, 0.15) is 0 Å². The van der Waals surface area contributed by atoms with Crippen LogP contribution in [-0.4, -0.2) is 34.5 Å². The maximum Gasteiger partial charge on any atom is 0.232 e. The number of hydrogen-bond donors (Lipinski definition) is 0. The third kappa shape index (κ3) is 4.21. The molecule has 0 saturated carbocycles. The summed E-state index contributed by atoms with van der Waals surface area (Å²) >= 11 is 0. The average molecular weight is 468 g/mol. The molecule has 7 heteroatoms. The number of fused-ring (bicyclic) bond motifs is 1. The van der Waals surface area contributed by atoms with Crippen LogP contribution in [0.25, 0.3) is 0 Å². The first-order valence-electron chi connectivity index (χ1n) is 12.0. The predicted molar refractivity (Wildman–Crippen MR) is 134 cm³/mol. The Morgan fingerprint density at radius 2 is 2.03 bits per heavy atom. The molecule has 0 N–H and O–H groups in total. The van der Waals surface area contributed by atoms with Gasteiger partial charge in [-0.2, -0.15) is 5.26 Å². The summed E-state index contributed by atoms with van der Waals surface area (Å²) in [5.41, 5.74) is 5.56. The fourth-order valence-electron chi connectivity index (χ4n) is 5.26. The minimum Gasteiger partial charge on any atom is -0.338 e. The molecular formula is C28H29N5O2. The minimum atomic E-state index is -0.403. The molecule has 7 nitrogen and oxygen atoms in total.